The van der Waals surface area contributed by atoms with Crippen LogP contribution in [-0.4, -0.2) is 4.98 Å². The summed E-state index contributed by atoms with van der Waals surface area (Å²) >= 11 is 0. The number of nitrogens with one attached hydrogen (secondary N) is 1. The lowest BCUT2D eigenvalue weighted by atomic mass is 10.1. The van der Waals surface area contributed by atoms with Crippen LogP contribution in [0.5, 0.6) is 0 Å². The summed E-state index contributed by atoms with van der Waals surface area (Å²) in [4.78, 5) is 4.77. The number of oxazole rings is 1. The zero-order chi connectivity index (χ0) is 17.8. The Balaban J connectivity index is 1.73. The Morgan fingerprint density at radius 2 is 1.27 bits per heavy atom. The Hall–Kier alpha value is -3.33. The minimum atomic E-state index is 0.107. The monoisotopic (exact) mass is 340 g/mol. The van der Waals surface area contributed by atoms with Crippen molar-refractivity contribution in [3.8, 4) is 22.7 Å². The zero-order valence-corrected chi connectivity index (χ0v) is 14.6. The fourth-order valence-electron chi connectivity index (χ4n) is 2.94. The molecule has 128 valence electrons. The molecule has 0 bridgehead atoms. The molecular formula is C23H20N2O. The molecule has 0 fully saturated rings. The van der Waals surface area contributed by atoms with E-state index in [-0.39, 0.29) is 6.04 Å². The fraction of sp³-hybridized carbons (Fsp3) is 0.0870. The lowest BCUT2D eigenvalue weighted by Gasteiger charge is -2.14. The van der Waals surface area contributed by atoms with Crippen molar-refractivity contribution < 1.29 is 4.42 Å². The molecule has 1 atom stereocenters. The second kappa shape index (κ2) is 7.28. The first-order chi connectivity index (χ1) is 12.8. The minimum absolute atomic E-state index is 0.107. The third-order valence-electron chi connectivity index (χ3n) is 4.34. The molecule has 26 heavy (non-hydrogen) atoms. The van der Waals surface area contributed by atoms with Gasteiger partial charge in [-0.25, -0.2) is 4.98 Å². The highest BCUT2D eigenvalue weighted by molar-refractivity contribution is 5.73. The predicted octanol–water partition coefficient (Wildman–Crippen LogP) is 6.18. The summed E-state index contributed by atoms with van der Waals surface area (Å²) in [6.07, 6.45) is 0. The fourth-order valence-corrected chi connectivity index (χ4v) is 2.94. The van der Waals surface area contributed by atoms with Crippen molar-refractivity contribution in [3.63, 3.8) is 0 Å². The molecule has 4 rings (SSSR count). The normalized spacial score (nSPS) is 11.9. The summed E-state index contributed by atoms with van der Waals surface area (Å²) in [5, 5.41) is 3.49. The van der Waals surface area contributed by atoms with E-state index in [1.54, 1.807) is 0 Å². The van der Waals surface area contributed by atoms with Crippen molar-refractivity contribution in [2.45, 2.75) is 13.0 Å². The maximum absolute atomic E-state index is 6.13. The topological polar surface area (TPSA) is 38.1 Å². The summed E-state index contributed by atoms with van der Waals surface area (Å²) in [7, 11) is 0. The van der Waals surface area contributed by atoms with Gasteiger partial charge in [-0.15, -0.1) is 0 Å². The van der Waals surface area contributed by atoms with E-state index >= 15 is 0 Å². The van der Waals surface area contributed by atoms with E-state index in [4.69, 9.17) is 9.40 Å². The van der Waals surface area contributed by atoms with Gasteiger partial charge in [0.2, 0.25) is 11.8 Å². The van der Waals surface area contributed by atoms with Gasteiger partial charge in [0.25, 0.3) is 0 Å². The van der Waals surface area contributed by atoms with Gasteiger partial charge in [-0.3, -0.25) is 0 Å². The molecule has 0 aliphatic carbocycles. The molecule has 0 saturated carbocycles. The molecular weight excluding hydrogens is 320 g/mol. The third kappa shape index (κ3) is 3.38. The van der Waals surface area contributed by atoms with E-state index in [0.29, 0.717) is 11.8 Å². The number of hydrogen-bond acceptors (Lipinski definition) is 3. The maximum atomic E-state index is 6.13. The van der Waals surface area contributed by atoms with Gasteiger partial charge in [-0.2, -0.15) is 0 Å². The van der Waals surface area contributed by atoms with Crippen molar-refractivity contribution in [2.75, 3.05) is 5.32 Å². The second-order valence-corrected chi connectivity index (χ2v) is 6.21. The smallest absolute Gasteiger partial charge is 0.229 e. The van der Waals surface area contributed by atoms with Crippen LogP contribution in [0.25, 0.3) is 22.7 Å². The molecule has 0 aliphatic rings. The van der Waals surface area contributed by atoms with Crippen molar-refractivity contribution in [3.05, 3.63) is 96.6 Å². The summed E-state index contributed by atoms with van der Waals surface area (Å²) in [6, 6.07) is 30.5. The second-order valence-electron chi connectivity index (χ2n) is 6.21. The van der Waals surface area contributed by atoms with Crippen LogP contribution in [0.2, 0.25) is 0 Å². The zero-order valence-electron chi connectivity index (χ0n) is 14.6. The van der Waals surface area contributed by atoms with Gasteiger partial charge < -0.3 is 9.73 Å². The molecule has 1 heterocycles. The molecule has 3 nitrogen and oxygen atoms in total. The Kier molecular flexibility index (Phi) is 4.52. The van der Waals surface area contributed by atoms with Crippen LogP contribution < -0.4 is 5.32 Å². The van der Waals surface area contributed by atoms with Crippen LogP contribution in [0.15, 0.2) is 95.4 Å². The first-order valence-electron chi connectivity index (χ1n) is 8.74. The third-order valence-corrected chi connectivity index (χ3v) is 4.34. The van der Waals surface area contributed by atoms with Gasteiger partial charge >= 0.3 is 0 Å². The lowest BCUT2D eigenvalue weighted by Crippen LogP contribution is -2.06. The van der Waals surface area contributed by atoms with Gasteiger partial charge in [-0.05, 0) is 24.6 Å². The van der Waals surface area contributed by atoms with Crippen LogP contribution in [0, 0.1) is 0 Å². The number of benzene rings is 3. The molecule has 4 aromatic rings. The molecule has 0 aliphatic heterocycles. The maximum Gasteiger partial charge on any atom is 0.229 e. The van der Waals surface area contributed by atoms with Crippen molar-refractivity contribution in [2.24, 2.45) is 0 Å². The van der Waals surface area contributed by atoms with Crippen LogP contribution in [0.1, 0.15) is 18.5 Å². The Labute approximate surface area is 153 Å². The van der Waals surface area contributed by atoms with Gasteiger partial charge in [-0.1, -0.05) is 78.9 Å². The largest absolute Gasteiger partial charge is 0.420 e. The van der Waals surface area contributed by atoms with Crippen LogP contribution in [-0.2, 0) is 0 Å². The molecule has 3 aromatic carbocycles. The Bertz CT molecular complexity index is 963. The molecule has 3 heteroatoms. The first-order valence-corrected chi connectivity index (χ1v) is 8.74. The average Bonchev–Trinajstić information content (AvgIpc) is 3.14. The SMILES string of the molecule is CC(Nc1oc(-c2ccccc2)nc1-c1ccccc1)c1ccccc1. The van der Waals surface area contributed by atoms with E-state index in [9.17, 15) is 0 Å². The molecule has 1 aromatic heterocycles. The van der Waals surface area contributed by atoms with E-state index in [2.05, 4.69) is 24.4 Å². The highest BCUT2D eigenvalue weighted by Crippen LogP contribution is 2.34. The number of anilines is 1. The average molecular weight is 340 g/mol. The lowest BCUT2D eigenvalue weighted by molar-refractivity contribution is 0.578. The standard InChI is InChI=1S/C23H20N2O/c1-17(18-11-5-2-6-12-18)24-23-21(19-13-7-3-8-14-19)25-22(26-23)20-15-9-4-10-16-20/h2-17,24H,1H3. The number of nitrogens with zero attached hydrogens (tertiary/aromatic N) is 1. The van der Waals surface area contributed by atoms with Gasteiger partial charge in [0.1, 0.15) is 5.69 Å². The molecule has 0 amide bonds. The molecule has 1 N–H and O–H groups in total. The van der Waals surface area contributed by atoms with Crippen molar-refractivity contribution >= 4 is 5.88 Å². The highest BCUT2D eigenvalue weighted by atomic mass is 16.4. The first kappa shape index (κ1) is 16.2. The Morgan fingerprint density at radius 3 is 1.88 bits per heavy atom. The van der Waals surface area contributed by atoms with Crippen LogP contribution >= 0.6 is 0 Å². The quantitative estimate of drug-likeness (QED) is 0.471. The van der Waals surface area contributed by atoms with E-state index in [1.807, 2.05) is 78.9 Å². The summed E-state index contributed by atoms with van der Waals surface area (Å²) in [5.74, 6) is 1.30. The predicted molar refractivity (Wildman–Crippen MR) is 106 cm³/mol. The molecule has 0 spiro atoms. The summed E-state index contributed by atoms with van der Waals surface area (Å²) in [6.45, 7) is 2.12. The van der Waals surface area contributed by atoms with Gasteiger partial charge in [0.05, 0.1) is 6.04 Å². The van der Waals surface area contributed by atoms with Crippen molar-refractivity contribution in [1.82, 2.24) is 4.98 Å². The minimum Gasteiger partial charge on any atom is -0.420 e. The summed E-state index contributed by atoms with van der Waals surface area (Å²) in [5.41, 5.74) is 4.02. The van der Waals surface area contributed by atoms with E-state index in [1.165, 1.54) is 5.56 Å². The Morgan fingerprint density at radius 1 is 0.731 bits per heavy atom. The molecule has 0 saturated heterocycles. The number of aromatic nitrogens is 1. The highest BCUT2D eigenvalue weighted by Gasteiger charge is 2.18. The molecule has 1 unspecified atom stereocenters. The van der Waals surface area contributed by atoms with Gasteiger partial charge in [0.15, 0.2) is 0 Å². The number of rotatable bonds is 5. The van der Waals surface area contributed by atoms with Crippen LogP contribution in [0.3, 0.4) is 0 Å². The molecule has 0 radical (unpaired) electrons. The van der Waals surface area contributed by atoms with Gasteiger partial charge in [0, 0.05) is 11.1 Å². The van der Waals surface area contributed by atoms with Crippen molar-refractivity contribution in [1.29, 1.82) is 0 Å². The summed E-state index contributed by atoms with van der Waals surface area (Å²) < 4.78 is 6.13. The van der Waals surface area contributed by atoms with E-state index in [0.717, 1.165) is 16.8 Å². The van der Waals surface area contributed by atoms with Crippen LogP contribution in [0.4, 0.5) is 5.88 Å². The number of hydrogen-bond donors (Lipinski definition) is 1. The van der Waals surface area contributed by atoms with E-state index < -0.39 is 0 Å².